The summed E-state index contributed by atoms with van der Waals surface area (Å²) in [7, 11) is 0. The highest BCUT2D eigenvalue weighted by atomic mass is 16.6. The Bertz CT molecular complexity index is 414. The van der Waals surface area contributed by atoms with Gasteiger partial charge in [-0.2, -0.15) is 0 Å². The Labute approximate surface area is 98.9 Å². The normalized spacial score (nSPS) is 12.3. The van der Waals surface area contributed by atoms with Crippen LogP contribution in [0.25, 0.3) is 0 Å². The lowest BCUT2D eigenvalue weighted by molar-refractivity contribution is -0.508. The van der Waals surface area contributed by atoms with E-state index < -0.39 is 16.9 Å². The monoisotopic (exact) mass is 235 g/mol. The number of esters is 1. The molecule has 0 aliphatic carbocycles. The highest BCUT2D eigenvalue weighted by molar-refractivity contribution is 5.77. The summed E-state index contributed by atoms with van der Waals surface area (Å²) in [5.41, 5.74) is 0. The molecule has 0 saturated carbocycles. The summed E-state index contributed by atoms with van der Waals surface area (Å²) in [5, 5.41) is 10.7. The highest BCUT2D eigenvalue weighted by Crippen LogP contribution is 2.11. The molecule has 0 N–H and O–H groups in total. The Morgan fingerprint density at radius 3 is 2.65 bits per heavy atom. The maximum absolute atomic E-state index is 11.6. The van der Waals surface area contributed by atoms with Crippen molar-refractivity contribution < 1.29 is 14.5 Å². The molecular weight excluding hydrogens is 222 g/mol. The van der Waals surface area contributed by atoms with Crippen molar-refractivity contribution in [3.05, 3.63) is 52.6 Å². The van der Waals surface area contributed by atoms with Crippen LogP contribution in [0, 0.1) is 10.1 Å². The second kappa shape index (κ2) is 6.42. The molecule has 0 aliphatic rings. The molecule has 0 radical (unpaired) electrons. The van der Waals surface area contributed by atoms with E-state index >= 15 is 0 Å². The van der Waals surface area contributed by atoms with E-state index in [-0.39, 0.29) is 6.42 Å². The molecule has 5 nitrogen and oxygen atoms in total. The molecule has 1 rings (SSSR count). The fourth-order valence-electron chi connectivity index (χ4n) is 1.21. The van der Waals surface area contributed by atoms with E-state index in [0.29, 0.717) is 5.75 Å². The fraction of sp³-hybridized carbons (Fsp3) is 0.250. The third kappa shape index (κ3) is 4.06. The van der Waals surface area contributed by atoms with E-state index in [2.05, 4.69) is 0 Å². The molecule has 0 amide bonds. The second-order valence-electron chi connectivity index (χ2n) is 3.34. The first-order chi connectivity index (χ1) is 8.15. The largest absolute Gasteiger partial charge is 0.421 e. The zero-order valence-corrected chi connectivity index (χ0v) is 9.41. The van der Waals surface area contributed by atoms with Crippen molar-refractivity contribution in [2.45, 2.75) is 19.4 Å². The number of nitro groups is 1. The van der Waals surface area contributed by atoms with Crippen LogP contribution in [-0.2, 0) is 4.79 Å². The predicted molar refractivity (Wildman–Crippen MR) is 62.3 cm³/mol. The zero-order valence-electron chi connectivity index (χ0n) is 9.41. The Balaban J connectivity index is 2.69. The molecular formula is C12H13NO4. The van der Waals surface area contributed by atoms with Gasteiger partial charge >= 0.3 is 12.0 Å². The number of allylic oxidation sites excluding steroid dienone is 1. The summed E-state index contributed by atoms with van der Waals surface area (Å²) in [5.74, 6) is -0.538. The van der Waals surface area contributed by atoms with Gasteiger partial charge in [0.05, 0.1) is 0 Å². The second-order valence-corrected chi connectivity index (χ2v) is 3.34. The van der Waals surface area contributed by atoms with Crippen LogP contribution in [0.1, 0.15) is 13.3 Å². The van der Waals surface area contributed by atoms with Crippen molar-refractivity contribution in [1.29, 1.82) is 0 Å². The van der Waals surface area contributed by atoms with Crippen LogP contribution < -0.4 is 4.74 Å². The van der Waals surface area contributed by atoms with E-state index in [1.54, 1.807) is 49.4 Å². The van der Waals surface area contributed by atoms with E-state index in [1.165, 1.54) is 0 Å². The van der Waals surface area contributed by atoms with Crippen LogP contribution in [0.4, 0.5) is 0 Å². The molecule has 1 aromatic carbocycles. The van der Waals surface area contributed by atoms with Crippen LogP contribution in [0.15, 0.2) is 42.5 Å². The Morgan fingerprint density at radius 1 is 1.47 bits per heavy atom. The molecule has 0 aromatic heterocycles. The first-order valence-electron chi connectivity index (χ1n) is 5.16. The Kier molecular flexibility index (Phi) is 4.87. The third-order valence-corrected chi connectivity index (χ3v) is 2.08. The number of para-hydroxylation sites is 1. The van der Waals surface area contributed by atoms with Crippen LogP contribution in [0.3, 0.4) is 0 Å². The lowest BCUT2D eigenvalue weighted by atomic mass is 10.2. The number of carbonyl (C=O) groups is 1. The van der Waals surface area contributed by atoms with Crippen LogP contribution in [0.2, 0.25) is 0 Å². The minimum atomic E-state index is -1.36. The van der Waals surface area contributed by atoms with Crippen molar-refractivity contribution in [1.82, 2.24) is 0 Å². The van der Waals surface area contributed by atoms with E-state index in [9.17, 15) is 14.9 Å². The first-order valence-corrected chi connectivity index (χ1v) is 5.16. The molecule has 0 saturated heterocycles. The smallest absolute Gasteiger partial charge is 0.387 e. The summed E-state index contributed by atoms with van der Waals surface area (Å²) < 4.78 is 4.92. The number of rotatable bonds is 5. The van der Waals surface area contributed by atoms with Crippen LogP contribution in [0.5, 0.6) is 5.75 Å². The molecule has 17 heavy (non-hydrogen) atoms. The van der Waals surface area contributed by atoms with Gasteiger partial charge in [0.25, 0.3) is 0 Å². The molecule has 5 heteroatoms. The standard InChI is InChI=1S/C12H13NO4/c1-2-3-9-11(13(15)16)12(14)17-10-7-5-4-6-8-10/h2-8,11H,9H2,1H3. The van der Waals surface area contributed by atoms with Gasteiger partial charge in [0.1, 0.15) is 5.75 Å². The lowest BCUT2D eigenvalue weighted by Gasteiger charge is -2.07. The number of hydrogen-bond donors (Lipinski definition) is 0. The number of carbonyl (C=O) groups excluding carboxylic acids is 1. The number of hydrogen-bond acceptors (Lipinski definition) is 4. The number of ether oxygens (including phenoxy) is 1. The van der Waals surface area contributed by atoms with Crippen molar-refractivity contribution in [3.8, 4) is 5.75 Å². The van der Waals surface area contributed by atoms with Gasteiger partial charge in [0.15, 0.2) is 0 Å². The average molecular weight is 235 g/mol. The van der Waals surface area contributed by atoms with Crippen molar-refractivity contribution >= 4 is 5.97 Å². The van der Waals surface area contributed by atoms with Gasteiger partial charge in [-0.15, -0.1) is 0 Å². The van der Waals surface area contributed by atoms with Gasteiger partial charge < -0.3 is 4.74 Å². The zero-order chi connectivity index (χ0) is 12.7. The first kappa shape index (κ1) is 12.9. The lowest BCUT2D eigenvalue weighted by Crippen LogP contribution is -2.32. The van der Waals surface area contributed by atoms with Crippen LogP contribution in [-0.4, -0.2) is 16.9 Å². The summed E-state index contributed by atoms with van der Waals surface area (Å²) in [6, 6.07) is 6.94. The highest BCUT2D eigenvalue weighted by Gasteiger charge is 2.30. The molecule has 1 atom stereocenters. The molecule has 0 aliphatic heterocycles. The van der Waals surface area contributed by atoms with Crippen molar-refractivity contribution in [2.24, 2.45) is 0 Å². The van der Waals surface area contributed by atoms with Gasteiger partial charge in [-0.05, 0) is 19.1 Å². The number of nitrogens with zero attached hydrogens (tertiary/aromatic N) is 1. The fourth-order valence-corrected chi connectivity index (χ4v) is 1.21. The third-order valence-electron chi connectivity index (χ3n) is 2.08. The number of benzene rings is 1. The molecule has 0 fully saturated rings. The quantitative estimate of drug-likeness (QED) is 0.258. The van der Waals surface area contributed by atoms with Crippen molar-refractivity contribution in [3.63, 3.8) is 0 Å². The summed E-state index contributed by atoms with van der Waals surface area (Å²) in [4.78, 5) is 21.6. The van der Waals surface area contributed by atoms with E-state index in [0.717, 1.165) is 0 Å². The predicted octanol–water partition coefficient (Wildman–Crippen LogP) is 2.20. The van der Waals surface area contributed by atoms with Gasteiger partial charge in [-0.3, -0.25) is 10.1 Å². The summed E-state index contributed by atoms with van der Waals surface area (Å²) in [6.45, 7) is 1.74. The topological polar surface area (TPSA) is 69.4 Å². The van der Waals surface area contributed by atoms with E-state index in [4.69, 9.17) is 4.74 Å². The SMILES string of the molecule is CC=CCC(C(=O)Oc1ccccc1)[N+](=O)[O-]. The summed E-state index contributed by atoms with van der Waals surface area (Å²) >= 11 is 0. The minimum absolute atomic E-state index is 0.0369. The summed E-state index contributed by atoms with van der Waals surface area (Å²) in [6.07, 6.45) is 3.27. The van der Waals surface area contributed by atoms with Crippen LogP contribution >= 0.6 is 0 Å². The Morgan fingerprint density at radius 2 is 2.12 bits per heavy atom. The molecule has 0 bridgehead atoms. The van der Waals surface area contributed by atoms with E-state index in [1.807, 2.05) is 0 Å². The van der Waals surface area contributed by atoms with Crippen molar-refractivity contribution in [2.75, 3.05) is 0 Å². The van der Waals surface area contributed by atoms with Gasteiger partial charge in [-0.1, -0.05) is 30.4 Å². The Hall–Kier alpha value is -2.17. The molecule has 1 aromatic rings. The van der Waals surface area contributed by atoms with Gasteiger partial charge in [0.2, 0.25) is 0 Å². The van der Waals surface area contributed by atoms with Gasteiger partial charge in [0, 0.05) is 11.3 Å². The molecule has 1 unspecified atom stereocenters. The average Bonchev–Trinajstić information content (AvgIpc) is 2.30. The maximum atomic E-state index is 11.6. The molecule has 0 heterocycles. The minimum Gasteiger partial charge on any atom is -0.421 e. The van der Waals surface area contributed by atoms with Gasteiger partial charge in [-0.25, -0.2) is 4.79 Å². The molecule has 90 valence electrons. The maximum Gasteiger partial charge on any atom is 0.387 e. The molecule has 0 spiro atoms.